The van der Waals surface area contributed by atoms with Crippen molar-refractivity contribution >= 4 is 11.6 Å². The van der Waals surface area contributed by atoms with Gasteiger partial charge in [-0.3, -0.25) is 4.79 Å². The molecule has 2 N–H and O–H groups in total. The van der Waals surface area contributed by atoms with Crippen molar-refractivity contribution in [1.82, 2.24) is 0 Å². The molecule has 3 heteroatoms. The third kappa shape index (κ3) is 3.45. The van der Waals surface area contributed by atoms with E-state index < -0.39 is 0 Å². The maximum Gasteiger partial charge on any atom is 0.227 e. The van der Waals surface area contributed by atoms with Gasteiger partial charge in [-0.05, 0) is 48.9 Å². The molecule has 1 aliphatic heterocycles. The third-order valence-electron chi connectivity index (χ3n) is 4.63. The minimum absolute atomic E-state index is 0.0354. The Bertz CT molecular complexity index is 681. The zero-order valence-electron chi connectivity index (χ0n) is 13.7. The average Bonchev–Trinajstić information content (AvgIpc) is 2.60. The number of fused-ring (bicyclic) bond motifs is 1. The molecule has 120 valence electrons. The first-order chi connectivity index (χ1) is 11.2. The summed E-state index contributed by atoms with van der Waals surface area (Å²) >= 11 is 0. The fourth-order valence-corrected chi connectivity index (χ4v) is 3.29. The first-order valence-electron chi connectivity index (χ1n) is 8.41. The standard InChI is InChI=1S/C20H24N2O/c1-2-22-19-12-9-16(14-17(19)10-13-20(22)23)18(21)11-8-15-6-4-3-5-7-15/h3-7,9,12,14,18H,2,8,10-11,13,21H2,1H3. The molecule has 1 amide bonds. The van der Waals surface area contributed by atoms with Gasteiger partial charge in [0.05, 0.1) is 0 Å². The number of aryl methyl sites for hydroxylation is 2. The molecule has 0 saturated heterocycles. The van der Waals surface area contributed by atoms with Gasteiger partial charge < -0.3 is 10.6 Å². The summed E-state index contributed by atoms with van der Waals surface area (Å²) in [5, 5.41) is 0. The van der Waals surface area contributed by atoms with Crippen molar-refractivity contribution in [3.8, 4) is 0 Å². The quantitative estimate of drug-likeness (QED) is 0.917. The predicted octanol–water partition coefficient (Wildman–Crippen LogP) is 3.62. The second-order valence-corrected chi connectivity index (χ2v) is 6.16. The zero-order chi connectivity index (χ0) is 16.2. The van der Waals surface area contributed by atoms with Crippen LogP contribution in [-0.4, -0.2) is 12.5 Å². The van der Waals surface area contributed by atoms with Crippen molar-refractivity contribution in [3.63, 3.8) is 0 Å². The molecule has 0 aromatic heterocycles. The maximum absolute atomic E-state index is 12.0. The number of carbonyl (C=O) groups is 1. The van der Waals surface area contributed by atoms with Gasteiger partial charge in [0.2, 0.25) is 5.91 Å². The van der Waals surface area contributed by atoms with Crippen molar-refractivity contribution < 1.29 is 4.79 Å². The Hall–Kier alpha value is -2.13. The number of rotatable bonds is 5. The molecule has 23 heavy (non-hydrogen) atoms. The Labute approximate surface area is 138 Å². The molecule has 0 fully saturated rings. The lowest BCUT2D eigenvalue weighted by molar-refractivity contribution is -0.118. The summed E-state index contributed by atoms with van der Waals surface area (Å²) in [6, 6.07) is 16.8. The highest BCUT2D eigenvalue weighted by Crippen LogP contribution is 2.30. The molecule has 3 rings (SSSR count). The molecule has 0 saturated carbocycles. The van der Waals surface area contributed by atoms with E-state index in [1.54, 1.807) is 0 Å². The van der Waals surface area contributed by atoms with Gasteiger partial charge in [0.1, 0.15) is 0 Å². The summed E-state index contributed by atoms with van der Waals surface area (Å²) < 4.78 is 0. The van der Waals surface area contributed by atoms with Crippen LogP contribution in [0.5, 0.6) is 0 Å². The second-order valence-electron chi connectivity index (χ2n) is 6.16. The van der Waals surface area contributed by atoms with E-state index >= 15 is 0 Å². The van der Waals surface area contributed by atoms with Crippen molar-refractivity contribution in [2.75, 3.05) is 11.4 Å². The van der Waals surface area contributed by atoms with Crippen LogP contribution in [0.4, 0.5) is 5.69 Å². The number of anilines is 1. The van der Waals surface area contributed by atoms with Crippen LogP contribution in [0.2, 0.25) is 0 Å². The van der Waals surface area contributed by atoms with E-state index in [2.05, 4.69) is 42.5 Å². The van der Waals surface area contributed by atoms with Gasteiger partial charge in [-0.2, -0.15) is 0 Å². The SMILES string of the molecule is CCN1C(=O)CCc2cc(C(N)CCc3ccccc3)ccc21. The van der Waals surface area contributed by atoms with Crippen LogP contribution in [0.25, 0.3) is 0 Å². The second kappa shape index (κ2) is 6.97. The Balaban J connectivity index is 1.72. The van der Waals surface area contributed by atoms with E-state index in [9.17, 15) is 4.79 Å². The molecule has 2 aromatic carbocycles. The molecule has 1 atom stereocenters. The molecule has 3 nitrogen and oxygen atoms in total. The lowest BCUT2D eigenvalue weighted by atomic mass is 9.94. The van der Waals surface area contributed by atoms with Gasteiger partial charge in [-0.15, -0.1) is 0 Å². The molecular formula is C20H24N2O. The lowest BCUT2D eigenvalue weighted by Crippen LogP contribution is -2.34. The van der Waals surface area contributed by atoms with Crippen LogP contribution in [0.1, 0.15) is 42.5 Å². The van der Waals surface area contributed by atoms with Gasteiger partial charge in [-0.1, -0.05) is 42.5 Å². The number of hydrogen-bond donors (Lipinski definition) is 1. The minimum Gasteiger partial charge on any atom is -0.324 e. The molecule has 2 aromatic rings. The normalized spacial score (nSPS) is 15.4. The average molecular weight is 308 g/mol. The van der Waals surface area contributed by atoms with E-state index in [-0.39, 0.29) is 11.9 Å². The van der Waals surface area contributed by atoms with Gasteiger partial charge in [0, 0.05) is 24.7 Å². The molecule has 0 bridgehead atoms. The summed E-state index contributed by atoms with van der Waals surface area (Å²) in [5.41, 5.74) is 11.2. The first kappa shape index (κ1) is 15.8. The number of nitrogens with two attached hydrogens (primary N) is 1. The number of benzene rings is 2. The largest absolute Gasteiger partial charge is 0.324 e. The van der Waals surface area contributed by atoms with Crippen LogP contribution < -0.4 is 10.6 Å². The van der Waals surface area contributed by atoms with Gasteiger partial charge in [0.15, 0.2) is 0 Å². The highest BCUT2D eigenvalue weighted by atomic mass is 16.2. The number of hydrogen-bond acceptors (Lipinski definition) is 2. The molecule has 0 radical (unpaired) electrons. The third-order valence-corrected chi connectivity index (χ3v) is 4.63. The minimum atomic E-state index is 0.0354. The van der Waals surface area contributed by atoms with Gasteiger partial charge in [0.25, 0.3) is 0 Å². The summed E-state index contributed by atoms with van der Waals surface area (Å²) in [7, 11) is 0. The fourth-order valence-electron chi connectivity index (χ4n) is 3.29. The molecule has 1 unspecified atom stereocenters. The van der Waals surface area contributed by atoms with Crippen molar-refractivity contribution in [2.45, 2.75) is 38.6 Å². The van der Waals surface area contributed by atoms with E-state index in [1.807, 2.05) is 17.9 Å². The van der Waals surface area contributed by atoms with Gasteiger partial charge >= 0.3 is 0 Å². The van der Waals surface area contributed by atoms with E-state index in [4.69, 9.17) is 5.73 Å². The maximum atomic E-state index is 12.0. The van der Waals surface area contributed by atoms with E-state index in [0.717, 1.165) is 31.5 Å². The van der Waals surface area contributed by atoms with Crippen LogP contribution in [0.15, 0.2) is 48.5 Å². The fraction of sp³-hybridized carbons (Fsp3) is 0.350. The number of nitrogens with zero attached hydrogens (tertiary/aromatic N) is 1. The zero-order valence-corrected chi connectivity index (χ0v) is 13.7. The molecule has 0 aliphatic carbocycles. The Morgan fingerprint density at radius 1 is 1.13 bits per heavy atom. The van der Waals surface area contributed by atoms with Crippen LogP contribution in [-0.2, 0) is 17.6 Å². The van der Waals surface area contributed by atoms with Crippen molar-refractivity contribution in [1.29, 1.82) is 0 Å². The van der Waals surface area contributed by atoms with Crippen LogP contribution in [0, 0.1) is 0 Å². The van der Waals surface area contributed by atoms with Crippen molar-refractivity contribution in [2.24, 2.45) is 5.73 Å². The Kier molecular flexibility index (Phi) is 4.77. The van der Waals surface area contributed by atoms with E-state index in [0.29, 0.717) is 6.42 Å². The molecule has 0 spiro atoms. The van der Waals surface area contributed by atoms with Gasteiger partial charge in [-0.25, -0.2) is 0 Å². The smallest absolute Gasteiger partial charge is 0.227 e. The number of amides is 1. The molecular weight excluding hydrogens is 284 g/mol. The monoisotopic (exact) mass is 308 g/mol. The Morgan fingerprint density at radius 2 is 1.91 bits per heavy atom. The molecule has 1 heterocycles. The van der Waals surface area contributed by atoms with Crippen molar-refractivity contribution in [3.05, 3.63) is 65.2 Å². The highest BCUT2D eigenvalue weighted by molar-refractivity contribution is 5.96. The lowest BCUT2D eigenvalue weighted by Gasteiger charge is -2.29. The summed E-state index contributed by atoms with van der Waals surface area (Å²) in [5.74, 6) is 0.223. The van der Waals surface area contributed by atoms with Crippen LogP contribution >= 0.6 is 0 Å². The summed E-state index contributed by atoms with van der Waals surface area (Å²) in [6.07, 6.45) is 3.34. The number of carbonyl (C=O) groups excluding carboxylic acids is 1. The predicted molar refractivity (Wildman–Crippen MR) is 94.5 cm³/mol. The first-order valence-corrected chi connectivity index (χ1v) is 8.41. The Morgan fingerprint density at radius 3 is 2.65 bits per heavy atom. The summed E-state index contributed by atoms with van der Waals surface area (Å²) in [6.45, 7) is 2.75. The topological polar surface area (TPSA) is 46.3 Å². The summed E-state index contributed by atoms with van der Waals surface area (Å²) in [4.78, 5) is 13.8. The van der Waals surface area contributed by atoms with E-state index in [1.165, 1.54) is 16.7 Å². The van der Waals surface area contributed by atoms with Crippen LogP contribution in [0.3, 0.4) is 0 Å². The molecule has 1 aliphatic rings. The highest BCUT2D eigenvalue weighted by Gasteiger charge is 2.23.